The second kappa shape index (κ2) is 8.77. The van der Waals surface area contributed by atoms with Crippen LogP contribution in [0.2, 0.25) is 0 Å². The predicted octanol–water partition coefficient (Wildman–Crippen LogP) is 7.21. The average molecular weight is 582 g/mol. The molecule has 0 aliphatic carbocycles. The molecule has 1 atom stereocenters. The van der Waals surface area contributed by atoms with E-state index in [-0.39, 0.29) is 0 Å². The van der Waals surface area contributed by atoms with Crippen molar-refractivity contribution in [1.29, 1.82) is 0 Å². The van der Waals surface area contributed by atoms with Gasteiger partial charge in [0.2, 0.25) is 0 Å². The minimum atomic E-state index is -8.84. The lowest BCUT2D eigenvalue weighted by Crippen LogP contribution is -2.74. The van der Waals surface area contributed by atoms with Gasteiger partial charge in [-0.05, 0) is 0 Å². The molecule has 35 heavy (non-hydrogen) atoms. The fourth-order valence-electron chi connectivity index (χ4n) is 1.71. The molecule has 1 nitrogen and oxygen atoms in total. The van der Waals surface area contributed by atoms with Crippen LogP contribution in [0.5, 0.6) is 0 Å². The summed E-state index contributed by atoms with van der Waals surface area (Å²) in [6.45, 7) is -4.33. The van der Waals surface area contributed by atoms with Crippen LogP contribution in [0, 0.1) is 0 Å². The van der Waals surface area contributed by atoms with Crippen molar-refractivity contribution in [1.82, 2.24) is 0 Å². The van der Waals surface area contributed by atoms with Gasteiger partial charge in [-0.1, -0.05) is 0 Å². The molecule has 0 saturated carbocycles. The standard InChI is InChI=1S/C12H4F22O/c13-2(6(20,21)22)7(23,24)35-1-4(16,17)8(25,26)10(29,30)12(33,34)11(31,32)9(27,28)5(18,19)3(14)15/h2-3H,1H2/t2-/m0/s1. The number of ether oxygens (including phenoxy) is 1. The summed E-state index contributed by atoms with van der Waals surface area (Å²) in [6, 6.07) is 0. The van der Waals surface area contributed by atoms with Crippen LogP contribution in [-0.4, -0.2) is 72.9 Å². The first-order chi connectivity index (χ1) is 14.8. The van der Waals surface area contributed by atoms with Crippen LogP contribution in [-0.2, 0) is 4.74 Å². The Balaban J connectivity index is 6.43. The van der Waals surface area contributed by atoms with Crippen LogP contribution >= 0.6 is 0 Å². The van der Waals surface area contributed by atoms with E-state index >= 15 is 0 Å². The summed E-state index contributed by atoms with van der Waals surface area (Å²) in [5, 5.41) is 0. The highest BCUT2D eigenvalue weighted by molar-refractivity contribution is 5.14. The molecule has 0 aromatic carbocycles. The molecular weight excluding hydrogens is 578 g/mol. The van der Waals surface area contributed by atoms with E-state index in [1.54, 1.807) is 0 Å². The summed E-state index contributed by atoms with van der Waals surface area (Å²) in [5.41, 5.74) is 0. The zero-order chi connectivity index (χ0) is 29.1. The van der Waals surface area contributed by atoms with Crippen LogP contribution in [0.3, 0.4) is 0 Å². The largest absolute Gasteiger partial charge is 0.428 e. The van der Waals surface area contributed by atoms with E-state index in [1.165, 1.54) is 0 Å². The lowest BCUT2D eigenvalue weighted by atomic mass is 9.89. The Labute approximate surface area is 176 Å². The van der Waals surface area contributed by atoms with Gasteiger partial charge in [0.1, 0.15) is 6.61 Å². The van der Waals surface area contributed by atoms with Crippen molar-refractivity contribution in [2.75, 3.05) is 6.61 Å². The van der Waals surface area contributed by atoms with E-state index in [9.17, 15) is 96.6 Å². The van der Waals surface area contributed by atoms with Gasteiger partial charge in [0, 0.05) is 0 Å². The zero-order valence-corrected chi connectivity index (χ0v) is 15.1. The fraction of sp³-hybridized carbons (Fsp3) is 1.00. The van der Waals surface area contributed by atoms with Crippen molar-refractivity contribution in [2.24, 2.45) is 0 Å². The topological polar surface area (TPSA) is 9.23 Å². The van der Waals surface area contributed by atoms with Gasteiger partial charge in [0.15, 0.2) is 0 Å². The lowest BCUT2D eigenvalue weighted by Gasteiger charge is -2.42. The van der Waals surface area contributed by atoms with Gasteiger partial charge in [-0.2, -0.15) is 83.4 Å². The molecule has 0 radical (unpaired) electrons. The molecule has 0 aromatic heterocycles. The van der Waals surface area contributed by atoms with Crippen molar-refractivity contribution in [2.45, 2.75) is 66.3 Å². The van der Waals surface area contributed by atoms with E-state index in [4.69, 9.17) is 0 Å². The van der Waals surface area contributed by atoms with E-state index in [1.807, 2.05) is 4.74 Å². The average Bonchev–Trinajstić information content (AvgIpc) is 2.64. The number of rotatable bonds is 11. The van der Waals surface area contributed by atoms with Crippen molar-refractivity contribution in [3.63, 3.8) is 0 Å². The van der Waals surface area contributed by atoms with Gasteiger partial charge in [0.25, 0.3) is 6.17 Å². The normalized spacial score (nSPS) is 17.2. The third-order valence-electron chi connectivity index (χ3n) is 3.76. The number of alkyl halides is 22. The van der Waals surface area contributed by atoms with Gasteiger partial charge in [0.05, 0.1) is 0 Å². The summed E-state index contributed by atoms with van der Waals surface area (Å²) < 4.78 is 283. The van der Waals surface area contributed by atoms with Crippen molar-refractivity contribution < 1.29 is 101 Å². The van der Waals surface area contributed by atoms with E-state index in [0.717, 1.165) is 0 Å². The number of hydrogen-bond donors (Lipinski definition) is 0. The summed E-state index contributed by atoms with van der Waals surface area (Å²) in [6.07, 6.45) is -25.1. The SMILES string of the molecule is FC(F)C(F)(F)C(F)(F)C(F)(F)C(F)(F)C(F)(F)C(F)(F)C(F)(F)COC(F)(F)[C@@H](F)C(F)(F)F. The van der Waals surface area contributed by atoms with E-state index in [0.29, 0.717) is 0 Å². The van der Waals surface area contributed by atoms with Gasteiger partial charge in [-0.15, -0.1) is 0 Å². The summed E-state index contributed by atoms with van der Waals surface area (Å²) in [7, 11) is 0. The molecule has 0 bridgehead atoms. The molecular formula is C12H4F22O. The Bertz CT molecular complexity index is 733. The summed E-state index contributed by atoms with van der Waals surface area (Å²) >= 11 is 0. The van der Waals surface area contributed by atoms with Crippen molar-refractivity contribution >= 4 is 0 Å². The Morgan fingerprint density at radius 2 is 0.771 bits per heavy atom. The van der Waals surface area contributed by atoms with E-state index in [2.05, 4.69) is 0 Å². The highest BCUT2D eigenvalue weighted by Crippen LogP contribution is 2.62. The second-order valence-electron chi connectivity index (χ2n) is 6.25. The van der Waals surface area contributed by atoms with Gasteiger partial charge in [-0.25, -0.2) is 13.2 Å². The predicted molar refractivity (Wildman–Crippen MR) is 62.5 cm³/mol. The van der Waals surface area contributed by atoms with Crippen molar-refractivity contribution in [3.8, 4) is 0 Å². The molecule has 23 heteroatoms. The molecule has 0 spiro atoms. The highest BCUT2D eigenvalue weighted by atomic mass is 19.4. The lowest BCUT2D eigenvalue weighted by molar-refractivity contribution is -0.451. The minimum absolute atomic E-state index is 2.02. The molecule has 0 amide bonds. The fourth-order valence-corrected chi connectivity index (χ4v) is 1.71. The molecule has 0 unspecified atom stereocenters. The molecule has 0 aliphatic rings. The van der Waals surface area contributed by atoms with Crippen LogP contribution < -0.4 is 0 Å². The van der Waals surface area contributed by atoms with Crippen LogP contribution in [0.1, 0.15) is 0 Å². The third kappa shape index (κ3) is 5.01. The van der Waals surface area contributed by atoms with E-state index < -0.39 is 72.9 Å². The van der Waals surface area contributed by atoms with Crippen molar-refractivity contribution in [3.05, 3.63) is 0 Å². The first-order valence-corrected chi connectivity index (χ1v) is 7.46. The maximum atomic E-state index is 13.3. The number of halogens is 22. The zero-order valence-electron chi connectivity index (χ0n) is 15.1. The van der Waals surface area contributed by atoms with Crippen LogP contribution in [0.25, 0.3) is 0 Å². The minimum Gasteiger partial charge on any atom is -0.311 e. The molecule has 212 valence electrons. The smallest absolute Gasteiger partial charge is 0.311 e. The maximum absolute atomic E-state index is 13.3. The van der Waals surface area contributed by atoms with Gasteiger partial charge in [-0.3, -0.25) is 0 Å². The Morgan fingerprint density at radius 1 is 0.457 bits per heavy atom. The maximum Gasteiger partial charge on any atom is 0.428 e. The molecule has 0 saturated heterocycles. The monoisotopic (exact) mass is 582 g/mol. The number of hydrogen-bond acceptors (Lipinski definition) is 1. The first kappa shape index (κ1) is 33.4. The molecule has 0 heterocycles. The van der Waals surface area contributed by atoms with Crippen LogP contribution in [0.4, 0.5) is 96.6 Å². The molecule has 0 N–H and O–H groups in total. The van der Waals surface area contributed by atoms with Crippen LogP contribution in [0.15, 0.2) is 0 Å². The van der Waals surface area contributed by atoms with Gasteiger partial charge < -0.3 is 4.74 Å². The summed E-state index contributed by atoms with van der Waals surface area (Å²) in [4.78, 5) is 0. The quantitative estimate of drug-likeness (QED) is 0.234. The second-order valence-corrected chi connectivity index (χ2v) is 6.25. The van der Waals surface area contributed by atoms with Gasteiger partial charge >= 0.3 is 60.2 Å². The Morgan fingerprint density at radius 3 is 1.09 bits per heavy atom. The molecule has 0 aromatic rings. The Hall–Kier alpha value is -1.58. The first-order valence-electron chi connectivity index (χ1n) is 7.46. The third-order valence-corrected chi connectivity index (χ3v) is 3.76. The Kier molecular flexibility index (Phi) is 8.37. The highest BCUT2D eigenvalue weighted by Gasteiger charge is 2.93. The molecule has 0 aliphatic heterocycles. The molecule has 0 rings (SSSR count). The summed E-state index contributed by atoms with van der Waals surface area (Å²) in [5.74, 6) is -58.3. The molecule has 0 fully saturated rings.